The number of aliphatic carboxylic acids is 1. The maximum Gasteiger partial charge on any atom is 0.308 e. The van der Waals surface area contributed by atoms with E-state index in [-0.39, 0.29) is 0 Å². The van der Waals surface area contributed by atoms with E-state index in [1.54, 1.807) is 24.3 Å². The summed E-state index contributed by atoms with van der Waals surface area (Å²) in [6.45, 7) is 0. The molecule has 16 heavy (non-hydrogen) atoms. The monoisotopic (exact) mass is 240 g/mol. The highest BCUT2D eigenvalue weighted by Crippen LogP contribution is 2.52. The number of carboxylic acids is 1. The summed E-state index contributed by atoms with van der Waals surface area (Å²) in [7, 11) is -3.30. The van der Waals surface area contributed by atoms with Crippen LogP contribution in [0.2, 0.25) is 0 Å². The minimum absolute atomic E-state index is 0.395. The molecule has 1 aliphatic carbocycles. The fourth-order valence-corrected chi connectivity index (χ4v) is 3.77. The Morgan fingerprint density at radius 3 is 2.19 bits per heavy atom. The second-order valence-corrected chi connectivity index (χ2v) is 6.30. The summed E-state index contributed by atoms with van der Waals surface area (Å²) >= 11 is 0. The van der Waals surface area contributed by atoms with Gasteiger partial charge in [0.2, 0.25) is 0 Å². The summed E-state index contributed by atoms with van der Waals surface area (Å²) in [6, 6.07) is 8.92. The number of carbonyl (C=O) groups is 1. The number of rotatable bonds is 3. The van der Waals surface area contributed by atoms with Crippen LogP contribution in [-0.2, 0) is 14.6 Å². The molecule has 3 atom stereocenters. The molecule has 1 N–H and O–H groups in total. The highest BCUT2D eigenvalue weighted by Gasteiger charge is 2.61. The first-order chi connectivity index (χ1) is 7.43. The summed E-state index contributed by atoms with van der Waals surface area (Å²) in [6.07, 6.45) is 1.09. The van der Waals surface area contributed by atoms with E-state index in [0.29, 0.717) is 0 Å². The average Bonchev–Trinajstić information content (AvgIpc) is 2.93. The normalized spacial score (nSPS) is 28.7. The van der Waals surface area contributed by atoms with Crippen LogP contribution >= 0.6 is 0 Å². The van der Waals surface area contributed by atoms with Crippen molar-refractivity contribution in [2.75, 3.05) is 6.26 Å². The summed E-state index contributed by atoms with van der Waals surface area (Å²) < 4.78 is 22.9. The molecule has 1 saturated carbocycles. The van der Waals surface area contributed by atoms with Gasteiger partial charge in [0.1, 0.15) is 0 Å². The van der Waals surface area contributed by atoms with Crippen LogP contribution in [0.25, 0.3) is 0 Å². The molecule has 1 aliphatic rings. The van der Waals surface area contributed by atoms with Gasteiger partial charge in [0.15, 0.2) is 9.84 Å². The molecule has 0 spiro atoms. The van der Waals surface area contributed by atoms with Crippen LogP contribution in [0.4, 0.5) is 0 Å². The second kappa shape index (κ2) is 3.59. The highest BCUT2D eigenvalue weighted by atomic mass is 32.2. The van der Waals surface area contributed by atoms with Gasteiger partial charge < -0.3 is 5.11 Å². The van der Waals surface area contributed by atoms with Crippen molar-refractivity contribution in [3.05, 3.63) is 35.9 Å². The van der Waals surface area contributed by atoms with E-state index in [9.17, 15) is 13.2 Å². The predicted octanol–water partition coefficient (Wildman–Crippen LogP) is 0.898. The molecule has 0 amide bonds. The van der Waals surface area contributed by atoms with Gasteiger partial charge in [0.05, 0.1) is 11.2 Å². The molecule has 0 unspecified atom stereocenters. The SMILES string of the molecule is CS(=O)(=O)[C@@H]1[C@@H](C(=O)O)[C@H]1c1ccccc1. The number of hydrogen-bond acceptors (Lipinski definition) is 3. The fraction of sp³-hybridized carbons (Fsp3) is 0.364. The van der Waals surface area contributed by atoms with Crippen molar-refractivity contribution in [1.82, 2.24) is 0 Å². The van der Waals surface area contributed by atoms with Crippen molar-refractivity contribution in [3.63, 3.8) is 0 Å². The third-order valence-electron chi connectivity index (χ3n) is 2.92. The van der Waals surface area contributed by atoms with Crippen molar-refractivity contribution in [1.29, 1.82) is 0 Å². The first-order valence-corrected chi connectivity index (χ1v) is 6.85. The number of sulfone groups is 1. The fourth-order valence-electron chi connectivity index (χ4n) is 2.18. The van der Waals surface area contributed by atoms with Gasteiger partial charge in [-0.15, -0.1) is 0 Å². The zero-order valence-corrected chi connectivity index (χ0v) is 9.52. The molecule has 0 heterocycles. The zero-order valence-electron chi connectivity index (χ0n) is 8.70. The third kappa shape index (κ3) is 1.82. The van der Waals surface area contributed by atoms with Crippen LogP contribution in [0.3, 0.4) is 0 Å². The molecule has 0 radical (unpaired) electrons. The van der Waals surface area contributed by atoms with Crippen molar-refractivity contribution in [2.45, 2.75) is 11.2 Å². The van der Waals surface area contributed by atoms with Crippen molar-refractivity contribution in [2.24, 2.45) is 5.92 Å². The van der Waals surface area contributed by atoms with Gasteiger partial charge >= 0.3 is 5.97 Å². The Morgan fingerprint density at radius 1 is 1.25 bits per heavy atom. The summed E-state index contributed by atoms with van der Waals surface area (Å²) in [5.74, 6) is -2.23. The quantitative estimate of drug-likeness (QED) is 0.852. The summed E-state index contributed by atoms with van der Waals surface area (Å²) in [5.41, 5.74) is 0.783. The topological polar surface area (TPSA) is 71.4 Å². The van der Waals surface area contributed by atoms with E-state index in [4.69, 9.17) is 5.11 Å². The van der Waals surface area contributed by atoms with Gasteiger partial charge in [0, 0.05) is 12.2 Å². The number of benzene rings is 1. The maximum atomic E-state index is 11.4. The van der Waals surface area contributed by atoms with Gasteiger partial charge in [-0.3, -0.25) is 4.79 Å². The van der Waals surface area contributed by atoms with Gasteiger partial charge in [-0.25, -0.2) is 8.42 Å². The molecule has 0 aliphatic heterocycles. The molecule has 4 nitrogen and oxygen atoms in total. The summed E-state index contributed by atoms with van der Waals surface area (Å²) in [5, 5.41) is 8.18. The lowest BCUT2D eigenvalue weighted by Crippen LogP contribution is -2.10. The minimum atomic E-state index is -3.30. The van der Waals surface area contributed by atoms with E-state index >= 15 is 0 Å². The van der Waals surface area contributed by atoms with Crippen LogP contribution in [0, 0.1) is 5.92 Å². The van der Waals surface area contributed by atoms with Crippen LogP contribution < -0.4 is 0 Å². The number of hydrogen-bond donors (Lipinski definition) is 1. The molecule has 0 bridgehead atoms. The van der Waals surface area contributed by atoms with Gasteiger partial charge in [-0.2, -0.15) is 0 Å². The first-order valence-electron chi connectivity index (χ1n) is 4.89. The molecule has 1 fully saturated rings. The Morgan fingerprint density at radius 2 is 1.81 bits per heavy atom. The third-order valence-corrected chi connectivity index (χ3v) is 4.49. The van der Waals surface area contributed by atoms with Crippen LogP contribution in [-0.4, -0.2) is 31.0 Å². The van der Waals surface area contributed by atoms with Crippen LogP contribution in [0.15, 0.2) is 30.3 Å². The summed E-state index contributed by atoms with van der Waals surface area (Å²) in [4.78, 5) is 10.9. The smallest absolute Gasteiger partial charge is 0.308 e. The Hall–Kier alpha value is -1.36. The van der Waals surface area contributed by atoms with Crippen LogP contribution in [0.1, 0.15) is 11.5 Å². The van der Waals surface area contributed by atoms with E-state index in [1.807, 2.05) is 6.07 Å². The molecule has 86 valence electrons. The lowest BCUT2D eigenvalue weighted by Gasteiger charge is -1.97. The Bertz CT molecular complexity index is 506. The van der Waals surface area contributed by atoms with Crippen molar-refractivity contribution in [3.8, 4) is 0 Å². The largest absolute Gasteiger partial charge is 0.481 e. The predicted molar refractivity (Wildman–Crippen MR) is 58.9 cm³/mol. The molecular weight excluding hydrogens is 228 g/mol. The van der Waals surface area contributed by atoms with Gasteiger partial charge in [-0.1, -0.05) is 30.3 Å². The highest BCUT2D eigenvalue weighted by molar-refractivity contribution is 7.91. The zero-order chi connectivity index (χ0) is 11.9. The second-order valence-electron chi connectivity index (χ2n) is 4.09. The average molecular weight is 240 g/mol. The van der Waals surface area contributed by atoms with E-state index in [1.165, 1.54) is 0 Å². The Kier molecular flexibility index (Phi) is 2.50. The Balaban J connectivity index is 2.34. The molecule has 0 aromatic heterocycles. The van der Waals surface area contributed by atoms with Crippen LogP contribution in [0.5, 0.6) is 0 Å². The van der Waals surface area contributed by atoms with E-state index in [0.717, 1.165) is 11.8 Å². The lowest BCUT2D eigenvalue weighted by molar-refractivity contribution is -0.138. The minimum Gasteiger partial charge on any atom is -0.481 e. The molecule has 1 aromatic carbocycles. The van der Waals surface area contributed by atoms with Gasteiger partial charge in [-0.05, 0) is 5.56 Å². The molecule has 0 saturated heterocycles. The van der Waals surface area contributed by atoms with Gasteiger partial charge in [0.25, 0.3) is 0 Å². The van der Waals surface area contributed by atoms with Crippen molar-refractivity contribution < 1.29 is 18.3 Å². The van der Waals surface area contributed by atoms with Crippen molar-refractivity contribution >= 4 is 15.8 Å². The lowest BCUT2D eigenvalue weighted by atomic mass is 10.1. The van der Waals surface area contributed by atoms with E-state index in [2.05, 4.69) is 0 Å². The molecule has 2 rings (SSSR count). The standard InChI is InChI=1S/C11H12O4S/c1-16(14,15)10-8(9(10)11(12)13)7-5-3-2-4-6-7/h2-6,8-10H,1H3,(H,12,13)/t8-,9+,10+/m1/s1. The maximum absolute atomic E-state index is 11.4. The van der Waals surface area contributed by atoms with E-state index < -0.39 is 32.9 Å². The first kappa shape index (κ1) is 11.1. The molecule has 1 aromatic rings. The molecule has 5 heteroatoms. The number of carboxylic acid groups (broad SMARTS) is 1. The Labute approximate surface area is 93.8 Å². The molecular formula is C11H12O4S.